The van der Waals surface area contributed by atoms with Gasteiger partial charge in [-0.15, -0.1) is 0 Å². The van der Waals surface area contributed by atoms with Crippen molar-refractivity contribution in [3.05, 3.63) is 42.5 Å². The van der Waals surface area contributed by atoms with Crippen molar-refractivity contribution in [1.82, 2.24) is 0 Å². The fourth-order valence-electron chi connectivity index (χ4n) is 2.27. The molecule has 0 saturated carbocycles. The molecule has 0 radical (unpaired) electrons. The number of rotatable bonds is 11. The van der Waals surface area contributed by atoms with Gasteiger partial charge in [0.1, 0.15) is 12.4 Å². The first-order valence-corrected chi connectivity index (χ1v) is 9.76. The maximum Gasteiger partial charge on any atom is 1.00 e. The minimum Gasteiger partial charge on any atom is -0.748 e. The smallest absolute Gasteiger partial charge is 0.748 e. The van der Waals surface area contributed by atoms with Gasteiger partial charge in [-0.3, -0.25) is 0 Å². The fraction of sp³-hybridized carbons (Fsp3) is 0.444. The van der Waals surface area contributed by atoms with E-state index in [9.17, 15) is 13.0 Å². The van der Waals surface area contributed by atoms with Crippen LogP contribution in [0.25, 0.3) is 10.8 Å². The molecule has 0 heterocycles. The second kappa shape index (κ2) is 12.4. The molecule has 0 aliphatic rings. The van der Waals surface area contributed by atoms with Crippen LogP contribution in [-0.2, 0) is 19.6 Å². The summed E-state index contributed by atoms with van der Waals surface area (Å²) in [5, 5.41) is 2.29. The molecule has 1 unspecified atom stereocenters. The van der Waals surface area contributed by atoms with E-state index in [0.717, 1.165) is 11.1 Å². The van der Waals surface area contributed by atoms with Crippen LogP contribution in [0.15, 0.2) is 42.5 Å². The molecule has 6 nitrogen and oxygen atoms in total. The largest absolute Gasteiger partial charge is 1.00 e. The third-order valence-corrected chi connectivity index (χ3v) is 4.31. The van der Waals surface area contributed by atoms with E-state index in [1.165, 1.54) is 5.39 Å². The van der Waals surface area contributed by atoms with Crippen molar-refractivity contribution in [3.63, 3.8) is 0 Å². The van der Waals surface area contributed by atoms with Crippen molar-refractivity contribution in [2.24, 2.45) is 0 Å². The number of fused-ring (bicyclic) bond motifs is 1. The average molecular weight is 407 g/mol. The van der Waals surface area contributed by atoms with Crippen molar-refractivity contribution in [1.29, 1.82) is 0 Å². The van der Waals surface area contributed by atoms with Crippen molar-refractivity contribution in [2.75, 3.05) is 32.2 Å². The van der Waals surface area contributed by atoms with Gasteiger partial charge in [0.05, 0.1) is 29.4 Å². The van der Waals surface area contributed by atoms with Crippen molar-refractivity contribution in [3.8, 4) is 5.75 Å². The third-order valence-electron chi connectivity index (χ3n) is 3.52. The molecule has 0 bridgehead atoms. The molecule has 138 valence electrons. The van der Waals surface area contributed by atoms with E-state index < -0.39 is 15.9 Å². The number of hydrogen-bond acceptors (Lipinski definition) is 6. The zero-order chi connectivity index (χ0) is 18.1. The molecule has 0 aliphatic carbocycles. The van der Waals surface area contributed by atoms with Crippen molar-refractivity contribution in [2.45, 2.75) is 19.4 Å². The summed E-state index contributed by atoms with van der Waals surface area (Å²) < 4.78 is 47.8. The van der Waals surface area contributed by atoms with Crippen LogP contribution >= 0.6 is 0 Å². The first-order valence-electron chi connectivity index (χ1n) is 8.18. The van der Waals surface area contributed by atoms with Gasteiger partial charge in [-0.05, 0) is 36.2 Å². The Morgan fingerprint density at radius 2 is 1.77 bits per heavy atom. The molecule has 0 fully saturated rings. The molecule has 2 aromatic rings. The molecule has 0 amide bonds. The van der Waals surface area contributed by atoms with Crippen LogP contribution in [0.5, 0.6) is 5.75 Å². The normalized spacial score (nSPS) is 12.5. The van der Waals surface area contributed by atoms with E-state index in [1.807, 2.05) is 43.3 Å². The summed E-state index contributed by atoms with van der Waals surface area (Å²) in [7, 11) is -4.16. The molecule has 0 aromatic heterocycles. The minimum absolute atomic E-state index is 0. The third kappa shape index (κ3) is 9.77. The molecule has 8 heteroatoms. The summed E-state index contributed by atoms with van der Waals surface area (Å²) in [5.41, 5.74) is 0. The Bertz CT molecular complexity index is 765. The zero-order valence-electron chi connectivity index (χ0n) is 15.2. The van der Waals surface area contributed by atoms with E-state index in [-0.39, 0.29) is 70.5 Å². The zero-order valence-corrected chi connectivity index (χ0v) is 19.2. The van der Waals surface area contributed by atoms with E-state index in [4.69, 9.17) is 14.2 Å². The van der Waals surface area contributed by atoms with Crippen LogP contribution in [0.4, 0.5) is 0 Å². The molecule has 0 spiro atoms. The quantitative estimate of drug-likeness (QED) is 0.286. The van der Waals surface area contributed by atoms with Crippen LogP contribution in [0.3, 0.4) is 0 Å². The van der Waals surface area contributed by atoms with Gasteiger partial charge in [-0.1, -0.05) is 30.3 Å². The topological polar surface area (TPSA) is 84.9 Å². The first kappa shape index (κ1) is 24.0. The van der Waals surface area contributed by atoms with E-state index >= 15 is 0 Å². The second-order valence-corrected chi connectivity index (χ2v) is 7.25. The van der Waals surface area contributed by atoms with E-state index in [0.29, 0.717) is 19.8 Å². The van der Waals surface area contributed by atoms with Crippen LogP contribution in [-0.4, -0.2) is 51.3 Å². The summed E-state index contributed by atoms with van der Waals surface area (Å²) in [6, 6.07) is 14.0. The molecule has 0 N–H and O–H groups in total. The molecular weight excluding hydrogens is 383 g/mol. The van der Waals surface area contributed by atoms with Crippen LogP contribution in [0.1, 0.15) is 13.3 Å². The van der Waals surface area contributed by atoms with Gasteiger partial charge in [0.15, 0.2) is 0 Å². The molecule has 1 atom stereocenters. The Morgan fingerprint density at radius 1 is 1.04 bits per heavy atom. The molecule has 2 aromatic carbocycles. The minimum atomic E-state index is -4.16. The maximum absolute atomic E-state index is 10.4. The summed E-state index contributed by atoms with van der Waals surface area (Å²) in [6.45, 7) is 3.29. The molecular formula is C18H23KO6S. The monoisotopic (exact) mass is 406 g/mol. The molecule has 0 aliphatic heterocycles. The van der Waals surface area contributed by atoms with Gasteiger partial charge in [0.2, 0.25) is 0 Å². The summed E-state index contributed by atoms with van der Waals surface area (Å²) >= 11 is 0. The van der Waals surface area contributed by atoms with E-state index in [1.54, 1.807) is 0 Å². The van der Waals surface area contributed by atoms with Gasteiger partial charge in [0, 0.05) is 12.4 Å². The van der Waals surface area contributed by atoms with Gasteiger partial charge >= 0.3 is 51.4 Å². The predicted octanol–water partition coefficient (Wildman–Crippen LogP) is -0.420. The van der Waals surface area contributed by atoms with Gasteiger partial charge in [-0.25, -0.2) is 8.42 Å². The van der Waals surface area contributed by atoms with Gasteiger partial charge < -0.3 is 18.8 Å². The summed E-state index contributed by atoms with van der Waals surface area (Å²) in [4.78, 5) is 0. The Hall–Kier alpha value is -0.0336. The van der Waals surface area contributed by atoms with Gasteiger partial charge in [-0.2, -0.15) is 0 Å². The number of benzene rings is 2. The molecule has 2 rings (SSSR count). The fourth-order valence-corrected chi connectivity index (χ4v) is 2.74. The van der Waals surface area contributed by atoms with Crippen LogP contribution < -0.4 is 56.1 Å². The SMILES string of the molecule is CC(COc1ccc2ccccc2c1)OCCOCCCS(=O)(=O)[O-].[K+]. The average Bonchev–Trinajstić information content (AvgIpc) is 2.58. The number of ether oxygens (including phenoxy) is 3. The Balaban J connectivity index is 0.00000338. The Kier molecular flexibility index (Phi) is 11.5. The Labute approximate surface area is 197 Å². The summed E-state index contributed by atoms with van der Waals surface area (Å²) in [6.07, 6.45) is 0.101. The molecule has 26 heavy (non-hydrogen) atoms. The predicted molar refractivity (Wildman–Crippen MR) is 94.9 cm³/mol. The van der Waals surface area contributed by atoms with Crippen molar-refractivity contribution >= 4 is 20.9 Å². The van der Waals surface area contributed by atoms with Crippen LogP contribution in [0.2, 0.25) is 0 Å². The first-order chi connectivity index (χ1) is 11.9. The number of hydrogen-bond donors (Lipinski definition) is 0. The standard InChI is InChI=1S/C18H24O6S.K/c1-15(23-11-10-22-9-4-12-25(19,20)21)14-24-18-8-7-16-5-2-3-6-17(16)13-18;/h2-3,5-8,13,15H,4,9-12,14H2,1H3,(H,19,20,21);/q;+1/p-1. The van der Waals surface area contributed by atoms with Gasteiger partial charge in [0.25, 0.3) is 0 Å². The van der Waals surface area contributed by atoms with E-state index in [2.05, 4.69) is 6.07 Å². The Morgan fingerprint density at radius 3 is 2.50 bits per heavy atom. The molecule has 0 saturated heterocycles. The van der Waals surface area contributed by atoms with Crippen LogP contribution in [0, 0.1) is 0 Å². The maximum atomic E-state index is 10.4. The van der Waals surface area contributed by atoms with Crippen molar-refractivity contribution < 1.29 is 78.6 Å². The summed E-state index contributed by atoms with van der Waals surface area (Å²) in [5.74, 6) is 0.397. The second-order valence-electron chi connectivity index (χ2n) is 5.73.